The van der Waals surface area contributed by atoms with Crippen molar-refractivity contribution in [1.82, 2.24) is 9.62 Å². The molecule has 0 amide bonds. The summed E-state index contributed by atoms with van der Waals surface area (Å²) in [5.74, 6) is 0. The molecule has 0 heterocycles. The van der Waals surface area contributed by atoms with Crippen molar-refractivity contribution in [3.8, 4) is 0 Å². The van der Waals surface area contributed by atoms with Crippen molar-refractivity contribution in [3.63, 3.8) is 0 Å². The summed E-state index contributed by atoms with van der Waals surface area (Å²) in [6.07, 6.45) is 0.709. The lowest BCUT2D eigenvalue weighted by molar-refractivity contribution is 0.519. The first kappa shape index (κ1) is 16.1. The van der Waals surface area contributed by atoms with E-state index >= 15 is 0 Å². The topological polar surface area (TPSA) is 49.4 Å². The van der Waals surface area contributed by atoms with Crippen LogP contribution in [0.5, 0.6) is 0 Å². The van der Waals surface area contributed by atoms with E-state index in [1.807, 2.05) is 19.1 Å². The number of sulfonamides is 1. The Morgan fingerprint density at radius 3 is 2.37 bits per heavy atom. The molecular weight excluding hydrogens is 260 g/mol. The Hall–Kier alpha value is -0.910. The van der Waals surface area contributed by atoms with Gasteiger partial charge in [-0.3, -0.25) is 0 Å². The molecule has 1 aromatic carbocycles. The first-order valence-electron chi connectivity index (χ1n) is 6.56. The molecule has 1 rings (SSSR count). The fraction of sp³-hybridized carbons (Fsp3) is 0.571. The molecule has 0 unspecified atom stereocenters. The van der Waals surface area contributed by atoms with E-state index in [2.05, 4.69) is 19.2 Å². The maximum atomic E-state index is 12.3. The molecule has 0 aliphatic carbocycles. The molecule has 0 aliphatic rings. The largest absolute Gasteiger partial charge is 0.310 e. The van der Waals surface area contributed by atoms with E-state index in [4.69, 9.17) is 0 Å². The molecule has 0 bridgehead atoms. The number of benzene rings is 1. The van der Waals surface area contributed by atoms with Gasteiger partial charge >= 0.3 is 0 Å². The van der Waals surface area contributed by atoms with E-state index < -0.39 is 10.0 Å². The zero-order valence-electron chi connectivity index (χ0n) is 12.4. The van der Waals surface area contributed by atoms with Gasteiger partial charge in [-0.2, -0.15) is 0 Å². The van der Waals surface area contributed by atoms with Crippen molar-refractivity contribution >= 4 is 10.0 Å². The standard InChI is InChI=1S/C14H24N2O2S/c1-6-13-8-7-12(10-15-11(2)3)9-14(13)19(17,18)16(4)5/h7-9,11,15H,6,10H2,1-5H3. The van der Waals surface area contributed by atoms with Crippen molar-refractivity contribution in [1.29, 1.82) is 0 Å². The average molecular weight is 284 g/mol. The minimum atomic E-state index is -3.38. The van der Waals surface area contributed by atoms with Crippen LogP contribution in [0.15, 0.2) is 23.1 Å². The smallest absolute Gasteiger partial charge is 0.242 e. The van der Waals surface area contributed by atoms with Gasteiger partial charge in [-0.25, -0.2) is 12.7 Å². The lowest BCUT2D eigenvalue weighted by Crippen LogP contribution is -2.25. The second-order valence-electron chi connectivity index (χ2n) is 5.12. The van der Waals surface area contributed by atoms with E-state index in [0.717, 1.165) is 11.1 Å². The molecule has 0 aromatic heterocycles. The number of hydrogen-bond donors (Lipinski definition) is 1. The van der Waals surface area contributed by atoms with Crippen LogP contribution < -0.4 is 5.32 Å². The van der Waals surface area contributed by atoms with E-state index in [9.17, 15) is 8.42 Å². The van der Waals surface area contributed by atoms with Gasteiger partial charge < -0.3 is 5.32 Å². The van der Waals surface area contributed by atoms with Crippen molar-refractivity contribution < 1.29 is 8.42 Å². The summed E-state index contributed by atoms with van der Waals surface area (Å²) in [6, 6.07) is 6.06. The van der Waals surface area contributed by atoms with Crippen LogP contribution in [0.1, 0.15) is 31.9 Å². The second-order valence-corrected chi connectivity index (χ2v) is 7.24. The van der Waals surface area contributed by atoms with Gasteiger partial charge in [-0.05, 0) is 23.6 Å². The Morgan fingerprint density at radius 1 is 1.26 bits per heavy atom. The number of hydrogen-bond acceptors (Lipinski definition) is 3. The molecule has 0 saturated carbocycles. The van der Waals surface area contributed by atoms with Crippen molar-refractivity contribution in [2.24, 2.45) is 0 Å². The molecule has 19 heavy (non-hydrogen) atoms. The molecule has 0 radical (unpaired) electrons. The summed E-state index contributed by atoms with van der Waals surface area (Å²) in [7, 11) is -0.249. The van der Waals surface area contributed by atoms with Crippen molar-refractivity contribution in [3.05, 3.63) is 29.3 Å². The molecule has 1 N–H and O–H groups in total. The van der Waals surface area contributed by atoms with Gasteiger partial charge in [0, 0.05) is 26.7 Å². The van der Waals surface area contributed by atoms with Gasteiger partial charge in [0.25, 0.3) is 0 Å². The molecule has 0 fully saturated rings. The highest BCUT2D eigenvalue weighted by molar-refractivity contribution is 7.89. The van der Waals surface area contributed by atoms with Gasteiger partial charge in [0.15, 0.2) is 0 Å². The predicted octanol–water partition coefficient (Wildman–Crippen LogP) is 2.00. The maximum Gasteiger partial charge on any atom is 0.242 e. The molecule has 0 spiro atoms. The zero-order valence-corrected chi connectivity index (χ0v) is 13.2. The van der Waals surface area contributed by atoms with Crippen LogP contribution in [0.25, 0.3) is 0 Å². The monoisotopic (exact) mass is 284 g/mol. The molecule has 0 saturated heterocycles. The highest BCUT2D eigenvalue weighted by Crippen LogP contribution is 2.21. The van der Waals surface area contributed by atoms with Crippen LogP contribution in [0.3, 0.4) is 0 Å². The van der Waals surface area contributed by atoms with Gasteiger partial charge in [-0.1, -0.05) is 32.9 Å². The summed E-state index contributed by atoms with van der Waals surface area (Å²) in [5, 5.41) is 3.30. The molecule has 4 nitrogen and oxygen atoms in total. The van der Waals surface area contributed by atoms with Crippen LogP contribution in [-0.4, -0.2) is 32.9 Å². The van der Waals surface area contributed by atoms with E-state index in [-0.39, 0.29) is 0 Å². The van der Waals surface area contributed by atoms with Crippen LogP contribution in [-0.2, 0) is 23.0 Å². The Kier molecular flexibility index (Phi) is 5.52. The summed E-state index contributed by atoms with van der Waals surface area (Å²) in [5.41, 5.74) is 1.85. The fourth-order valence-corrected chi connectivity index (χ4v) is 3.00. The highest BCUT2D eigenvalue weighted by Gasteiger charge is 2.20. The van der Waals surface area contributed by atoms with E-state index in [1.165, 1.54) is 4.31 Å². The lowest BCUT2D eigenvalue weighted by Gasteiger charge is -2.16. The van der Waals surface area contributed by atoms with Gasteiger partial charge in [0.05, 0.1) is 4.90 Å². The number of rotatable bonds is 6. The number of aryl methyl sites for hydroxylation is 1. The van der Waals surface area contributed by atoms with E-state index in [1.54, 1.807) is 20.2 Å². The van der Waals surface area contributed by atoms with E-state index in [0.29, 0.717) is 23.9 Å². The van der Waals surface area contributed by atoms with Gasteiger partial charge in [0.2, 0.25) is 10.0 Å². The van der Waals surface area contributed by atoms with Crippen LogP contribution in [0, 0.1) is 0 Å². The van der Waals surface area contributed by atoms with Crippen LogP contribution in [0.2, 0.25) is 0 Å². The minimum absolute atomic E-state index is 0.375. The van der Waals surface area contributed by atoms with Gasteiger partial charge in [-0.15, -0.1) is 0 Å². The molecule has 108 valence electrons. The highest BCUT2D eigenvalue weighted by atomic mass is 32.2. The number of nitrogens with zero attached hydrogens (tertiary/aromatic N) is 1. The van der Waals surface area contributed by atoms with Crippen molar-refractivity contribution in [2.75, 3.05) is 14.1 Å². The first-order valence-corrected chi connectivity index (χ1v) is 8.00. The quantitative estimate of drug-likeness (QED) is 0.869. The first-order chi connectivity index (χ1) is 8.78. The fourth-order valence-electron chi connectivity index (χ4n) is 1.76. The molecule has 0 atom stereocenters. The van der Waals surface area contributed by atoms with Gasteiger partial charge in [0.1, 0.15) is 0 Å². The third-order valence-corrected chi connectivity index (χ3v) is 4.88. The molecule has 5 heteroatoms. The summed E-state index contributed by atoms with van der Waals surface area (Å²) < 4.78 is 25.9. The second kappa shape index (κ2) is 6.50. The maximum absolute atomic E-state index is 12.3. The molecular formula is C14H24N2O2S. The normalized spacial score (nSPS) is 12.4. The predicted molar refractivity (Wildman–Crippen MR) is 78.7 cm³/mol. The lowest BCUT2D eigenvalue weighted by atomic mass is 10.1. The third kappa shape index (κ3) is 4.03. The SMILES string of the molecule is CCc1ccc(CNC(C)C)cc1S(=O)(=O)N(C)C. The molecule has 1 aromatic rings. The zero-order chi connectivity index (χ0) is 14.6. The minimum Gasteiger partial charge on any atom is -0.310 e. The van der Waals surface area contributed by atoms with Crippen LogP contribution >= 0.6 is 0 Å². The Balaban J connectivity index is 3.17. The number of nitrogens with one attached hydrogen (secondary N) is 1. The van der Waals surface area contributed by atoms with Crippen LogP contribution in [0.4, 0.5) is 0 Å². The third-order valence-electron chi connectivity index (χ3n) is 2.99. The summed E-state index contributed by atoms with van der Waals surface area (Å²) in [4.78, 5) is 0.419. The summed E-state index contributed by atoms with van der Waals surface area (Å²) in [6.45, 7) is 6.78. The Morgan fingerprint density at radius 2 is 1.89 bits per heavy atom. The Labute approximate surface area is 116 Å². The molecule has 0 aliphatic heterocycles. The average Bonchev–Trinajstić information content (AvgIpc) is 2.35. The van der Waals surface area contributed by atoms with Crippen molar-refractivity contribution in [2.45, 2.75) is 44.7 Å². The summed E-state index contributed by atoms with van der Waals surface area (Å²) >= 11 is 0. The Bertz CT molecular complexity index is 522.